The number of nitrogens with one attached hydrogen (secondary N) is 1. The van der Waals surface area contributed by atoms with E-state index in [0.717, 1.165) is 6.07 Å². The summed E-state index contributed by atoms with van der Waals surface area (Å²) in [7, 11) is 1.46. The summed E-state index contributed by atoms with van der Waals surface area (Å²) in [6, 6.07) is 5.87. The third-order valence-corrected chi connectivity index (χ3v) is 2.84. The molecule has 0 spiro atoms. The fourth-order valence-corrected chi connectivity index (χ4v) is 1.92. The van der Waals surface area contributed by atoms with E-state index >= 15 is 0 Å². The number of ether oxygens (including phenoxy) is 1. The van der Waals surface area contributed by atoms with Gasteiger partial charge in [0.1, 0.15) is 5.75 Å². The van der Waals surface area contributed by atoms with Gasteiger partial charge in [-0.25, -0.2) is 4.79 Å². The molecular weight excluding hydrogens is 270 g/mol. The second-order valence-corrected chi connectivity index (χ2v) is 4.21. The molecule has 0 saturated heterocycles. The number of methoxy groups -OCH3 is 1. The second kappa shape index (κ2) is 5.16. The first kappa shape index (κ1) is 13.2. The maximum atomic E-state index is 11.2. The lowest BCUT2D eigenvalue weighted by Gasteiger charge is -2.10. The van der Waals surface area contributed by atoms with Crippen LogP contribution in [0.4, 0.5) is 0 Å². The number of hydrogen-bond donors (Lipinski definition) is 2. The lowest BCUT2D eigenvalue weighted by molar-refractivity contribution is 0.0697. The molecule has 0 aliphatic heterocycles. The fourth-order valence-electron chi connectivity index (χ4n) is 1.76. The van der Waals surface area contributed by atoms with Gasteiger partial charge in [0.2, 0.25) is 5.56 Å². The molecule has 0 fully saturated rings. The van der Waals surface area contributed by atoms with Crippen LogP contribution in [0.3, 0.4) is 0 Å². The van der Waals surface area contributed by atoms with Crippen LogP contribution < -0.4 is 10.3 Å². The van der Waals surface area contributed by atoms with Crippen molar-refractivity contribution >= 4 is 17.6 Å². The number of halogens is 1. The van der Waals surface area contributed by atoms with Gasteiger partial charge in [0.25, 0.3) is 0 Å². The predicted molar refractivity (Wildman–Crippen MR) is 71.0 cm³/mol. The van der Waals surface area contributed by atoms with E-state index in [1.807, 2.05) is 0 Å². The Morgan fingerprint density at radius 1 is 1.32 bits per heavy atom. The number of aromatic nitrogens is 1. The molecular formula is C13H10ClNO4. The topological polar surface area (TPSA) is 79.4 Å². The number of carboxylic acid groups (broad SMARTS) is 1. The number of aromatic carboxylic acids is 1. The van der Waals surface area contributed by atoms with Gasteiger partial charge in [-0.15, -0.1) is 0 Å². The van der Waals surface area contributed by atoms with Gasteiger partial charge in [-0.3, -0.25) is 4.79 Å². The first-order valence-electron chi connectivity index (χ1n) is 5.33. The Morgan fingerprint density at radius 3 is 2.68 bits per heavy atom. The zero-order valence-corrected chi connectivity index (χ0v) is 10.7. The average molecular weight is 280 g/mol. The minimum absolute atomic E-state index is 0.0932. The molecule has 0 aliphatic carbocycles. The second-order valence-electron chi connectivity index (χ2n) is 3.77. The highest BCUT2D eigenvalue weighted by Gasteiger charge is 2.16. The van der Waals surface area contributed by atoms with Crippen molar-refractivity contribution < 1.29 is 14.6 Å². The smallest absolute Gasteiger partial charge is 0.336 e. The number of benzene rings is 1. The molecule has 0 unspecified atom stereocenters. The number of rotatable bonds is 3. The van der Waals surface area contributed by atoms with Crippen LogP contribution in [0.1, 0.15) is 10.4 Å². The molecule has 0 amide bonds. The molecule has 0 radical (unpaired) electrons. The summed E-state index contributed by atoms with van der Waals surface area (Å²) in [5, 5.41) is 9.62. The quantitative estimate of drug-likeness (QED) is 0.904. The molecule has 2 N–H and O–H groups in total. The molecule has 5 nitrogen and oxygen atoms in total. The first-order valence-corrected chi connectivity index (χ1v) is 5.70. The molecule has 6 heteroatoms. The molecule has 0 aliphatic rings. The van der Waals surface area contributed by atoms with Gasteiger partial charge >= 0.3 is 5.97 Å². The maximum absolute atomic E-state index is 11.2. The molecule has 1 aromatic carbocycles. The normalized spacial score (nSPS) is 10.2. The third kappa shape index (κ3) is 2.61. The summed E-state index contributed by atoms with van der Waals surface area (Å²) < 4.78 is 5.18. The molecule has 98 valence electrons. The number of pyridine rings is 1. The van der Waals surface area contributed by atoms with E-state index in [1.165, 1.54) is 13.3 Å². The number of H-pyrrole nitrogens is 1. The van der Waals surface area contributed by atoms with E-state index in [0.29, 0.717) is 21.9 Å². The summed E-state index contributed by atoms with van der Waals surface area (Å²) >= 11 is 5.86. The Labute approximate surface area is 113 Å². The largest absolute Gasteiger partial charge is 0.496 e. The monoisotopic (exact) mass is 279 g/mol. The Morgan fingerprint density at radius 2 is 2.05 bits per heavy atom. The molecule has 19 heavy (non-hydrogen) atoms. The summed E-state index contributed by atoms with van der Waals surface area (Å²) in [5.41, 5.74) is 0.333. The minimum Gasteiger partial charge on any atom is -0.496 e. The van der Waals surface area contributed by atoms with Crippen LogP contribution in [0, 0.1) is 0 Å². The Balaban J connectivity index is 2.71. The number of carbonyl (C=O) groups is 1. The zero-order chi connectivity index (χ0) is 14.0. The van der Waals surface area contributed by atoms with E-state index < -0.39 is 11.5 Å². The van der Waals surface area contributed by atoms with Crippen molar-refractivity contribution in [1.29, 1.82) is 0 Å². The molecule has 0 atom stereocenters. The molecule has 1 heterocycles. The lowest BCUT2D eigenvalue weighted by Crippen LogP contribution is -2.10. The summed E-state index contributed by atoms with van der Waals surface area (Å²) in [5.74, 6) is -0.750. The van der Waals surface area contributed by atoms with E-state index in [4.69, 9.17) is 21.4 Å². The summed E-state index contributed by atoms with van der Waals surface area (Å²) in [6.07, 6.45) is 1.34. The van der Waals surface area contributed by atoms with Crippen LogP contribution in [0.25, 0.3) is 11.1 Å². The molecule has 0 bridgehead atoms. The van der Waals surface area contributed by atoms with Gasteiger partial charge in [-0.05, 0) is 18.2 Å². The van der Waals surface area contributed by atoms with Crippen LogP contribution in [0.5, 0.6) is 5.75 Å². The van der Waals surface area contributed by atoms with Gasteiger partial charge in [0.05, 0.1) is 12.7 Å². The molecule has 2 aromatic rings. The Bertz CT molecular complexity index is 693. The number of carboxylic acids is 1. The van der Waals surface area contributed by atoms with Crippen LogP contribution in [-0.2, 0) is 0 Å². The van der Waals surface area contributed by atoms with Gasteiger partial charge in [-0.1, -0.05) is 11.6 Å². The third-order valence-electron chi connectivity index (χ3n) is 2.61. The van der Waals surface area contributed by atoms with Crippen molar-refractivity contribution in [3.63, 3.8) is 0 Å². The zero-order valence-electron chi connectivity index (χ0n) is 9.94. The minimum atomic E-state index is -1.18. The van der Waals surface area contributed by atoms with Crippen molar-refractivity contribution in [1.82, 2.24) is 4.98 Å². The van der Waals surface area contributed by atoms with Crippen LogP contribution in [-0.4, -0.2) is 23.2 Å². The van der Waals surface area contributed by atoms with Crippen molar-refractivity contribution in [2.75, 3.05) is 7.11 Å². The molecule has 2 rings (SSSR count). The van der Waals surface area contributed by atoms with Crippen LogP contribution in [0.2, 0.25) is 5.02 Å². The van der Waals surface area contributed by atoms with Crippen molar-refractivity contribution in [2.24, 2.45) is 0 Å². The highest BCUT2D eigenvalue weighted by atomic mass is 35.5. The summed E-state index contributed by atoms with van der Waals surface area (Å²) in [6.45, 7) is 0. The van der Waals surface area contributed by atoms with Crippen molar-refractivity contribution in [3.05, 3.63) is 51.4 Å². The van der Waals surface area contributed by atoms with Gasteiger partial charge in [-0.2, -0.15) is 0 Å². The molecule has 1 aromatic heterocycles. The SMILES string of the molecule is COc1cc(Cl)ccc1-c1c[nH]c(=O)cc1C(=O)O. The number of aromatic amines is 1. The van der Waals surface area contributed by atoms with E-state index in [-0.39, 0.29) is 5.56 Å². The van der Waals surface area contributed by atoms with Gasteiger partial charge in [0.15, 0.2) is 0 Å². The van der Waals surface area contributed by atoms with Crippen molar-refractivity contribution in [3.8, 4) is 16.9 Å². The highest BCUT2D eigenvalue weighted by Crippen LogP contribution is 2.33. The van der Waals surface area contributed by atoms with Crippen molar-refractivity contribution in [2.45, 2.75) is 0 Å². The number of hydrogen-bond acceptors (Lipinski definition) is 3. The summed E-state index contributed by atoms with van der Waals surface area (Å²) in [4.78, 5) is 24.9. The fraction of sp³-hybridized carbons (Fsp3) is 0.0769. The maximum Gasteiger partial charge on any atom is 0.336 e. The Hall–Kier alpha value is -2.27. The standard InChI is InChI=1S/C13H10ClNO4/c1-19-11-4-7(14)2-3-8(11)10-6-15-12(16)5-9(10)13(17)18/h2-6H,1H3,(H,15,16)(H,17,18). The van der Waals surface area contributed by atoms with Crippen LogP contribution in [0.15, 0.2) is 35.3 Å². The highest BCUT2D eigenvalue weighted by molar-refractivity contribution is 6.30. The van der Waals surface area contributed by atoms with Gasteiger partial charge in [0, 0.05) is 28.4 Å². The lowest BCUT2D eigenvalue weighted by atomic mass is 10.0. The Kier molecular flexibility index (Phi) is 3.57. The van der Waals surface area contributed by atoms with Gasteiger partial charge < -0.3 is 14.8 Å². The van der Waals surface area contributed by atoms with E-state index in [1.54, 1.807) is 18.2 Å². The molecule has 0 saturated carbocycles. The van der Waals surface area contributed by atoms with Crippen LogP contribution >= 0.6 is 11.6 Å². The first-order chi connectivity index (χ1) is 9.02. The predicted octanol–water partition coefficient (Wildman–Crippen LogP) is 2.40. The van der Waals surface area contributed by atoms with E-state index in [9.17, 15) is 9.59 Å². The average Bonchev–Trinajstić information content (AvgIpc) is 2.38. The van der Waals surface area contributed by atoms with E-state index in [2.05, 4.69) is 4.98 Å².